The van der Waals surface area contributed by atoms with Crippen molar-refractivity contribution in [1.82, 2.24) is 4.98 Å². The quantitative estimate of drug-likeness (QED) is 0.824. The van der Waals surface area contributed by atoms with Gasteiger partial charge in [0, 0.05) is 12.1 Å². The molecule has 4 heteroatoms. The molecule has 0 radical (unpaired) electrons. The summed E-state index contributed by atoms with van der Waals surface area (Å²) in [6.07, 6.45) is 7.78. The van der Waals surface area contributed by atoms with Gasteiger partial charge < -0.3 is 10.1 Å². The van der Waals surface area contributed by atoms with Crippen molar-refractivity contribution in [2.75, 3.05) is 17.8 Å². The highest BCUT2D eigenvalue weighted by atomic mass is 35.5. The van der Waals surface area contributed by atoms with Gasteiger partial charge in [0.2, 0.25) is 0 Å². The maximum atomic E-state index is 6.19. The van der Waals surface area contributed by atoms with Gasteiger partial charge in [-0.15, -0.1) is 11.6 Å². The topological polar surface area (TPSA) is 34.1 Å². The van der Waals surface area contributed by atoms with Crippen LogP contribution in [-0.4, -0.2) is 23.0 Å². The number of ether oxygens (including phenoxy) is 1. The molecule has 1 aromatic rings. The highest BCUT2D eigenvalue weighted by Gasteiger charge is 2.32. The van der Waals surface area contributed by atoms with Crippen LogP contribution in [0.3, 0.4) is 0 Å². The van der Waals surface area contributed by atoms with Gasteiger partial charge in [-0.2, -0.15) is 0 Å². The van der Waals surface area contributed by atoms with E-state index in [-0.39, 0.29) is 5.54 Å². The minimum atomic E-state index is -0.0139. The SMILES string of the molecule is CCOc1cccnc1NC1(CCl)CCCCC1. The molecular formula is C14H21ClN2O. The van der Waals surface area contributed by atoms with E-state index in [0.717, 1.165) is 24.4 Å². The Morgan fingerprint density at radius 2 is 2.17 bits per heavy atom. The van der Waals surface area contributed by atoms with Crippen molar-refractivity contribution >= 4 is 17.4 Å². The monoisotopic (exact) mass is 268 g/mol. The lowest BCUT2D eigenvalue weighted by atomic mass is 9.83. The van der Waals surface area contributed by atoms with E-state index in [1.165, 1.54) is 19.3 Å². The predicted octanol–water partition coefficient (Wildman–Crippen LogP) is 3.83. The van der Waals surface area contributed by atoms with Crippen molar-refractivity contribution in [3.8, 4) is 5.75 Å². The molecular weight excluding hydrogens is 248 g/mol. The lowest BCUT2D eigenvalue weighted by Crippen LogP contribution is -2.42. The molecule has 1 saturated carbocycles. The van der Waals surface area contributed by atoms with Crippen molar-refractivity contribution < 1.29 is 4.74 Å². The lowest BCUT2D eigenvalue weighted by molar-refractivity contribution is 0.330. The van der Waals surface area contributed by atoms with Gasteiger partial charge in [0.1, 0.15) is 0 Å². The van der Waals surface area contributed by atoms with Crippen LogP contribution in [0.25, 0.3) is 0 Å². The average molecular weight is 269 g/mol. The number of nitrogens with one attached hydrogen (secondary N) is 1. The van der Waals surface area contributed by atoms with Gasteiger partial charge in [0.25, 0.3) is 0 Å². The molecule has 1 aliphatic carbocycles. The summed E-state index contributed by atoms with van der Waals surface area (Å²) in [4.78, 5) is 4.39. The Morgan fingerprint density at radius 3 is 2.83 bits per heavy atom. The van der Waals surface area contributed by atoms with Crippen LogP contribution >= 0.6 is 11.6 Å². The van der Waals surface area contributed by atoms with Gasteiger partial charge >= 0.3 is 0 Å². The second kappa shape index (κ2) is 6.28. The molecule has 0 atom stereocenters. The molecule has 1 aliphatic rings. The van der Waals surface area contributed by atoms with Crippen LogP contribution in [0.2, 0.25) is 0 Å². The third-order valence-electron chi connectivity index (χ3n) is 3.52. The number of alkyl halides is 1. The summed E-state index contributed by atoms with van der Waals surface area (Å²) in [6.45, 7) is 2.63. The first-order valence-electron chi connectivity index (χ1n) is 6.71. The zero-order valence-corrected chi connectivity index (χ0v) is 11.7. The third-order valence-corrected chi connectivity index (χ3v) is 4.03. The summed E-state index contributed by atoms with van der Waals surface area (Å²) < 4.78 is 5.60. The molecule has 0 aromatic carbocycles. The first-order chi connectivity index (χ1) is 8.79. The van der Waals surface area contributed by atoms with E-state index >= 15 is 0 Å². The van der Waals surface area contributed by atoms with E-state index in [2.05, 4.69) is 10.3 Å². The van der Waals surface area contributed by atoms with Crippen LogP contribution in [0.1, 0.15) is 39.0 Å². The van der Waals surface area contributed by atoms with Crippen molar-refractivity contribution in [1.29, 1.82) is 0 Å². The number of hydrogen-bond acceptors (Lipinski definition) is 3. The molecule has 3 nitrogen and oxygen atoms in total. The summed E-state index contributed by atoms with van der Waals surface area (Å²) in [7, 11) is 0. The molecule has 0 aliphatic heterocycles. The number of rotatable bonds is 5. The van der Waals surface area contributed by atoms with Gasteiger partial charge in [-0.25, -0.2) is 4.98 Å². The van der Waals surface area contributed by atoms with Crippen LogP contribution in [0.5, 0.6) is 5.75 Å². The van der Waals surface area contributed by atoms with E-state index in [0.29, 0.717) is 12.5 Å². The van der Waals surface area contributed by atoms with Crippen molar-refractivity contribution in [2.24, 2.45) is 0 Å². The molecule has 0 amide bonds. The number of pyridine rings is 1. The smallest absolute Gasteiger partial charge is 0.169 e. The van der Waals surface area contributed by atoms with Gasteiger partial charge in [-0.3, -0.25) is 0 Å². The minimum absolute atomic E-state index is 0.0139. The zero-order valence-electron chi connectivity index (χ0n) is 10.9. The van der Waals surface area contributed by atoms with Crippen LogP contribution < -0.4 is 10.1 Å². The fourth-order valence-electron chi connectivity index (χ4n) is 2.53. The first-order valence-corrected chi connectivity index (χ1v) is 7.25. The van der Waals surface area contributed by atoms with Gasteiger partial charge in [0.05, 0.1) is 12.1 Å². The standard InChI is InChI=1S/C14H21ClN2O/c1-2-18-12-7-6-10-16-13(12)17-14(11-15)8-4-3-5-9-14/h6-7,10H,2-5,8-9,11H2,1H3,(H,16,17). The van der Waals surface area contributed by atoms with Crippen molar-refractivity contribution in [3.63, 3.8) is 0 Å². The highest BCUT2D eigenvalue weighted by molar-refractivity contribution is 6.18. The molecule has 18 heavy (non-hydrogen) atoms. The van der Waals surface area contributed by atoms with E-state index in [1.54, 1.807) is 6.20 Å². The van der Waals surface area contributed by atoms with Gasteiger partial charge in [0.15, 0.2) is 11.6 Å². The third kappa shape index (κ3) is 3.08. The second-order valence-electron chi connectivity index (χ2n) is 4.88. The number of halogens is 1. The number of aromatic nitrogens is 1. The maximum absolute atomic E-state index is 6.19. The first kappa shape index (κ1) is 13.5. The average Bonchev–Trinajstić information content (AvgIpc) is 2.42. The Balaban J connectivity index is 2.15. The summed E-state index contributed by atoms with van der Waals surface area (Å²) in [5, 5.41) is 3.53. The van der Waals surface area contributed by atoms with Gasteiger partial charge in [-0.05, 0) is 31.9 Å². The molecule has 1 fully saturated rings. The number of nitrogens with zero attached hydrogens (tertiary/aromatic N) is 1. The number of anilines is 1. The summed E-state index contributed by atoms with van der Waals surface area (Å²) in [5.41, 5.74) is -0.0139. The summed E-state index contributed by atoms with van der Waals surface area (Å²) >= 11 is 6.19. The van der Waals surface area contributed by atoms with Crippen LogP contribution in [0, 0.1) is 0 Å². The summed E-state index contributed by atoms with van der Waals surface area (Å²) in [5.74, 6) is 2.26. The normalized spacial score (nSPS) is 18.3. The highest BCUT2D eigenvalue weighted by Crippen LogP contribution is 2.34. The van der Waals surface area contributed by atoms with Crippen LogP contribution in [0.4, 0.5) is 5.82 Å². The predicted molar refractivity (Wildman–Crippen MR) is 75.6 cm³/mol. The molecule has 1 N–H and O–H groups in total. The molecule has 2 rings (SSSR count). The van der Waals surface area contributed by atoms with E-state index in [9.17, 15) is 0 Å². The molecule has 1 heterocycles. The molecule has 1 aromatic heterocycles. The van der Waals surface area contributed by atoms with E-state index in [1.807, 2.05) is 19.1 Å². The van der Waals surface area contributed by atoms with E-state index < -0.39 is 0 Å². The zero-order chi connectivity index (χ0) is 12.8. The Kier molecular flexibility index (Phi) is 4.70. The minimum Gasteiger partial charge on any atom is -0.490 e. The van der Waals surface area contributed by atoms with E-state index in [4.69, 9.17) is 16.3 Å². The summed E-state index contributed by atoms with van der Waals surface area (Å²) in [6, 6.07) is 3.84. The van der Waals surface area contributed by atoms with Crippen LogP contribution in [-0.2, 0) is 0 Å². The van der Waals surface area contributed by atoms with Crippen LogP contribution in [0.15, 0.2) is 18.3 Å². The number of hydrogen-bond donors (Lipinski definition) is 1. The molecule has 0 bridgehead atoms. The Labute approximate surface area is 114 Å². The van der Waals surface area contributed by atoms with Gasteiger partial charge in [-0.1, -0.05) is 19.3 Å². The van der Waals surface area contributed by atoms with Crippen molar-refractivity contribution in [3.05, 3.63) is 18.3 Å². The molecule has 100 valence electrons. The fraction of sp³-hybridized carbons (Fsp3) is 0.643. The Morgan fingerprint density at radius 1 is 1.39 bits per heavy atom. The largest absolute Gasteiger partial charge is 0.490 e. The fourth-order valence-corrected chi connectivity index (χ4v) is 2.86. The molecule has 0 saturated heterocycles. The molecule has 0 spiro atoms. The molecule has 0 unspecified atom stereocenters. The van der Waals surface area contributed by atoms with Crippen molar-refractivity contribution in [2.45, 2.75) is 44.6 Å². The Hall–Kier alpha value is -0.960. The maximum Gasteiger partial charge on any atom is 0.169 e. The lowest BCUT2D eigenvalue weighted by Gasteiger charge is -2.37. The Bertz CT molecular complexity index is 378. The second-order valence-corrected chi connectivity index (χ2v) is 5.15.